The zero-order valence-corrected chi connectivity index (χ0v) is 21.5. The second-order valence-corrected chi connectivity index (χ2v) is 10.5. The number of pyridine rings is 1. The Bertz CT molecular complexity index is 1140. The molecule has 1 amide bonds. The number of anilines is 1. The van der Waals surface area contributed by atoms with E-state index in [0.29, 0.717) is 31.6 Å². The van der Waals surface area contributed by atoms with Gasteiger partial charge in [0.1, 0.15) is 16.8 Å². The first kappa shape index (κ1) is 28.1. The maximum absolute atomic E-state index is 13.2. The SMILES string of the molecule is O=C(NC(CCCCCNc1ccccn1)(NS(=O)(=O)c1c(Cl)cccc1Cl)C(=O)O)C1CCON1. The number of carboxylic acids is 1. The Morgan fingerprint density at radius 1 is 1.14 bits per heavy atom. The molecule has 1 aliphatic heterocycles. The van der Waals surface area contributed by atoms with Gasteiger partial charge in [0.15, 0.2) is 0 Å². The first-order chi connectivity index (χ1) is 17.1. The number of sulfonamides is 1. The van der Waals surface area contributed by atoms with Gasteiger partial charge < -0.3 is 20.6 Å². The highest BCUT2D eigenvalue weighted by molar-refractivity contribution is 7.89. The Hall–Kier alpha value is -2.48. The number of carbonyl (C=O) groups is 2. The van der Waals surface area contributed by atoms with Gasteiger partial charge in [-0.1, -0.05) is 41.8 Å². The van der Waals surface area contributed by atoms with Crippen molar-refractivity contribution in [2.75, 3.05) is 18.5 Å². The second kappa shape index (κ2) is 12.7. The van der Waals surface area contributed by atoms with E-state index in [9.17, 15) is 23.1 Å². The highest BCUT2D eigenvalue weighted by atomic mass is 35.5. The molecule has 1 aliphatic rings. The highest BCUT2D eigenvalue weighted by Crippen LogP contribution is 2.30. The van der Waals surface area contributed by atoms with Crippen LogP contribution in [0, 0.1) is 0 Å². The van der Waals surface area contributed by atoms with E-state index in [0.717, 1.165) is 0 Å². The van der Waals surface area contributed by atoms with Crippen LogP contribution in [0.4, 0.5) is 5.82 Å². The average Bonchev–Trinajstić information content (AvgIpc) is 3.36. The molecule has 0 bridgehead atoms. The van der Waals surface area contributed by atoms with Crippen molar-refractivity contribution in [1.82, 2.24) is 20.5 Å². The average molecular weight is 560 g/mol. The van der Waals surface area contributed by atoms with Crippen molar-refractivity contribution >= 4 is 50.9 Å². The summed E-state index contributed by atoms with van der Waals surface area (Å²) in [6.07, 6.45) is 3.21. The molecule has 0 saturated carbocycles. The first-order valence-electron chi connectivity index (χ1n) is 11.2. The van der Waals surface area contributed by atoms with Crippen LogP contribution in [0.2, 0.25) is 10.0 Å². The number of carboxylic acid groups (broad SMARTS) is 1. The molecule has 14 heteroatoms. The predicted molar refractivity (Wildman–Crippen MR) is 134 cm³/mol. The normalized spacial score (nSPS) is 17.3. The van der Waals surface area contributed by atoms with Crippen molar-refractivity contribution in [1.29, 1.82) is 0 Å². The lowest BCUT2D eigenvalue weighted by molar-refractivity contribution is -0.149. The third-order valence-corrected chi connectivity index (χ3v) is 7.90. The lowest BCUT2D eigenvalue weighted by Crippen LogP contribution is -2.67. The van der Waals surface area contributed by atoms with Gasteiger partial charge in [-0.25, -0.2) is 18.2 Å². The van der Waals surface area contributed by atoms with E-state index in [2.05, 4.69) is 25.8 Å². The number of carbonyl (C=O) groups excluding carboxylic acids is 1. The van der Waals surface area contributed by atoms with E-state index < -0.39 is 38.5 Å². The van der Waals surface area contributed by atoms with Crippen molar-refractivity contribution in [3.63, 3.8) is 0 Å². The third-order valence-electron chi connectivity index (χ3n) is 5.45. The molecule has 1 saturated heterocycles. The Morgan fingerprint density at radius 3 is 2.50 bits per heavy atom. The molecular formula is C22H27Cl2N5O6S. The Labute approximate surface area is 218 Å². The molecule has 2 atom stereocenters. The molecule has 0 radical (unpaired) electrons. The number of unbranched alkanes of at least 4 members (excludes halogenated alkanes) is 2. The summed E-state index contributed by atoms with van der Waals surface area (Å²) in [5.74, 6) is -1.59. The van der Waals surface area contributed by atoms with Gasteiger partial charge in [0.25, 0.3) is 0 Å². The fourth-order valence-corrected chi connectivity index (χ4v) is 6.07. The molecule has 0 aliphatic carbocycles. The van der Waals surface area contributed by atoms with Gasteiger partial charge in [-0.15, -0.1) is 0 Å². The largest absolute Gasteiger partial charge is 0.478 e. The van der Waals surface area contributed by atoms with Crippen molar-refractivity contribution in [2.45, 2.75) is 48.7 Å². The van der Waals surface area contributed by atoms with E-state index in [1.165, 1.54) is 18.2 Å². The fourth-order valence-electron chi connectivity index (χ4n) is 3.62. The number of amides is 1. The van der Waals surface area contributed by atoms with Crippen LogP contribution >= 0.6 is 23.2 Å². The second-order valence-electron chi connectivity index (χ2n) is 8.12. The van der Waals surface area contributed by atoms with Gasteiger partial charge in [0.2, 0.25) is 21.6 Å². The summed E-state index contributed by atoms with van der Waals surface area (Å²) in [7, 11) is -4.56. The fraction of sp³-hybridized carbons (Fsp3) is 0.409. The Morgan fingerprint density at radius 2 is 1.89 bits per heavy atom. The summed E-state index contributed by atoms with van der Waals surface area (Å²) in [6, 6.07) is 8.73. The molecular weight excluding hydrogens is 533 g/mol. The van der Waals surface area contributed by atoms with Crippen LogP contribution in [0.25, 0.3) is 0 Å². The molecule has 1 fully saturated rings. The lowest BCUT2D eigenvalue weighted by Gasteiger charge is -2.32. The molecule has 2 aromatic rings. The van der Waals surface area contributed by atoms with Crippen LogP contribution in [-0.2, 0) is 24.4 Å². The Kier molecular flexibility index (Phi) is 9.88. The molecule has 3 rings (SSSR count). The van der Waals surface area contributed by atoms with Crippen LogP contribution in [0.3, 0.4) is 0 Å². The van der Waals surface area contributed by atoms with E-state index in [1.54, 1.807) is 12.3 Å². The molecule has 2 unspecified atom stereocenters. The molecule has 0 spiro atoms. The number of hydrogen-bond donors (Lipinski definition) is 5. The topological polar surface area (TPSA) is 159 Å². The quantitative estimate of drug-likeness (QED) is 0.183. The molecule has 2 heterocycles. The first-order valence-corrected chi connectivity index (χ1v) is 13.4. The molecule has 36 heavy (non-hydrogen) atoms. The van der Waals surface area contributed by atoms with Gasteiger partial charge in [0, 0.05) is 12.7 Å². The highest BCUT2D eigenvalue weighted by Gasteiger charge is 2.45. The number of halogens is 2. The summed E-state index contributed by atoms with van der Waals surface area (Å²) < 4.78 is 28.6. The summed E-state index contributed by atoms with van der Waals surface area (Å²) in [5, 5.41) is 15.3. The van der Waals surface area contributed by atoms with E-state index in [4.69, 9.17) is 28.0 Å². The van der Waals surface area contributed by atoms with Gasteiger partial charge in [-0.2, -0.15) is 10.2 Å². The summed E-state index contributed by atoms with van der Waals surface area (Å²) in [4.78, 5) is 33.9. The standard InChI is InChI=1S/C22H27Cl2N5O6S/c23-15-7-6-8-16(24)19(15)36(33,34)29-22(21(31)32,27-20(30)17-10-14-35-28-17)11-3-1-4-12-25-18-9-2-5-13-26-18/h2,5-9,13,17,28-29H,1,3-4,10-12,14H2,(H,25,26)(H,27,30)(H,31,32). The van der Waals surface area contributed by atoms with E-state index in [1.807, 2.05) is 12.1 Å². The number of nitrogens with zero attached hydrogens (tertiary/aromatic N) is 1. The minimum absolute atomic E-state index is 0.188. The van der Waals surface area contributed by atoms with Gasteiger partial charge >= 0.3 is 5.97 Å². The maximum atomic E-state index is 13.2. The Balaban J connectivity index is 1.75. The van der Waals surface area contributed by atoms with Crippen molar-refractivity contribution in [2.24, 2.45) is 0 Å². The number of aromatic nitrogens is 1. The van der Waals surface area contributed by atoms with E-state index >= 15 is 0 Å². The van der Waals surface area contributed by atoms with Crippen LogP contribution in [0.5, 0.6) is 0 Å². The van der Waals surface area contributed by atoms with Gasteiger partial charge in [-0.3, -0.25) is 4.79 Å². The van der Waals surface area contributed by atoms with Gasteiger partial charge in [-0.05, 0) is 49.9 Å². The lowest BCUT2D eigenvalue weighted by atomic mass is 10.0. The molecule has 1 aromatic carbocycles. The van der Waals surface area contributed by atoms with Crippen LogP contribution in [-0.4, -0.2) is 55.2 Å². The number of hydrogen-bond acceptors (Lipinski definition) is 8. The smallest absolute Gasteiger partial charge is 0.345 e. The zero-order chi connectivity index (χ0) is 26.2. The summed E-state index contributed by atoms with van der Waals surface area (Å²) >= 11 is 12.1. The minimum atomic E-state index is -4.56. The molecule has 5 N–H and O–H groups in total. The van der Waals surface area contributed by atoms with Crippen molar-refractivity contribution < 1.29 is 28.0 Å². The number of rotatable bonds is 13. The predicted octanol–water partition coefficient (Wildman–Crippen LogP) is 2.53. The summed E-state index contributed by atoms with van der Waals surface area (Å²) in [5.41, 5.74) is 0.141. The number of benzene rings is 1. The van der Waals surface area contributed by atoms with Crippen molar-refractivity contribution in [3.8, 4) is 0 Å². The molecule has 11 nitrogen and oxygen atoms in total. The monoisotopic (exact) mass is 559 g/mol. The third kappa shape index (κ3) is 7.28. The van der Waals surface area contributed by atoms with Crippen molar-refractivity contribution in [3.05, 3.63) is 52.6 Å². The maximum Gasteiger partial charge on any atom is 0.345 e. The number of aliphatic carboxylic acids is 1. The zero-order valence-electron chi connectivity index (χ0n) is 19.2. The molecule has 196 valence electrons. The van der Waals surface area contributed by atoms with Gasteiger partial charge in [0.05, 0.1) is 16.7 Å². The number of nitrogens with one attached hydrogen (secondary N) is 4. The van der Waals surface area contributed by atoms with Crippen LogP contribution < -0.4 is 20.8 Å². The molecule has 1 aromatic heterocycles. The van der Waals surface area contributed by atoms with Crippen LogP contribution in [0.15, 0.2) is 47.5 Å². The number of hydroxylamine groups is 1. The van der Waals surface area contributed by atoms with Crippen LogP contribution in [0.1, 0.15) is 32.1 Å². The minimum Gasteiger partial charge on any atom is -0.478 e. The van der Waals surface area contributed by atoms with E-state index in [-0.39, 0.29) is 29.5 Å². The summed E-state index contributed by atoms with van der Waals surface area (Å²) in [6.45, 7) is 0.829.